The number of hydrogen-bond acceptors (Lipinski definition) is 3. The topological polar surface area (TPSA) is 83.8 Å². The minimum absolute atomic E-state index is 0.107. The molecule has 2 aromatic carbocycles. The maximum atomic E-state index is 13.4. The van der Waals surface area contributed by atoms with E-state index in [2.05, 4.69) is 15.3 Å². The van der Waals surface area contributed by atoms with E-state index in [9.17, 15) is 9.18 Å². The number of halogens is 1. The van der Waals surface area contributed by atoms with Crippen molar-refractivity contribution in [2.45, 2.75) is 6.92 Å². The summed E-state index contributed by atoms with van der Waals surface area (Å²) in [6.07, 6.45) is 0. The third kappa shape index (κ3) is 2.43. The second kappa shape index (κ2) is 4.90. The maximum Gasteiger partial charge on any atom is 0.257 e. The molecule has 0 aliphatic carbocycles. The molecule has 0 aliphatic heterocycles. The SMILES string of the molecule is Cc1nc2ccc(NC(=O)c3cccc(F)c3N)cc2[nH]1. The Kier molecular flexibility index (Phi) is 3.06. The van der Waals surface area contributed by atoms with E-state index in [4.69, 9.17) is 5.73 Å². The summed E-state index contributed by atoms with van der Waals surface area (Å²) >= 11 is 0. The first-order chi connectivity index (χ1) is 10.0. The van der Waals surface area contributed by atoms with E-state index >= 15 is 0 Å². The Morgan fingerprint density at radius 2 is 2.14 bits per heavy atom. The van der Waals surface area contributed by atoms with Gasteiger partial charge in [0.15, 0.2) is 0 Å². The van der Waals surface area contributed by atoms with Crippen molar-refractivity contribution in [3.05, 3.63) is 53.6 Å². The molecule has 106 valence electrons. The Bertz CT molecular complexity index is 841. The Hall–Kier alpha value is -2.89. The van der Waals surface area contributed by atoms with Crippen molar-refractivity contribution >= 4 is 28.3 Å². The summed E-state index contributed by atoms with van der Waals surface area (Å²) in [5.41, 5.74) is 7.74. The van der Waals surface area contributed by atoms with Crippen molar-refractivity contribution < 1.29 is 9.18 Å². The molecule has 0 bridgehead atoms. The minimum Gasteiger partial charge on any atom is -0.396 e. The summed E-state index contributed by atoms with van der Waals surface area (Å²) in [5.74, 6) is -0.271. The highest BCUT2D eigenvalue weighted by Crippen LogP contribution is 2.20. The van der Waals surface area contributed by atoms with E-state index in [0.29, 0.717) is 5.69 Å². The lowest BCUT2D eigenvalue weighted by Crippen LogP contribution is -2.14. The first-order valence-electron chi connectivity index (χ1n) is 6.36. The van der Waals surface area contributed by atoms with Crippen LogP contribution in [0.25, 0.3) is 11.0 Å². The quantitative estimate of drug-likeness (QED) is 0.633. The Morgan fingerprint density at radius 1 is 1.33 bits per heavy atom. The molecule has 1 amide bonds. The molecule has 0 atom stereocenters. The number of imidazole rings is 1. The number of nitrogens with two attached hydrogens (primary N) is 1. The molecular formula is C15H13FN4O. The van der Waals surface area contributed by atoms with Crippen LogP contribution in [0, 0.1) is 12.7 Å². The summed E-state index contributed by atoms with van der Waals surface area (Å²) in [7, 11) is 0. The molecule has 4 N–H and O–H groups in total. The van der Waals surface area contributed by atoms with Gasteiger partial charge >= 0.3 is 0 Å². The van der Waals surface area contributed by atoms with Crippen molar-refractivity contribution in [2.75, 3.05) is 11.1 Å². The molecule has 0 aliphatic rings. The summed E-state index contributed by atoms with van der Waals surface area (Å²) in [6, 6.07) is 9.43. The number of fused-ring (bicyclic) bond motifs is 1. The van der Waals surface area contributed by atoms with Crippen molar-refractivity contribution in [1.82, 2.24) is 9.97 Å². The molecule has 21 heavy (non-hydrogen) atoms. The zero-order chi connectivity index (χ0) is 15.0. The molecule has 1 heterocycles. The second-order valence-electron chi connectivity index (χ2n) is 4.71. The van der Waals surface area contributed by atoms with Gasteiger partial charge in [0.2, 0.25) is 0 Å². The van der Waals surface area contributed by atoms with E-state index in [1.54, 1.807) is 18.2 Å². The number of carbonyl (C=O) groups excluding carboxylic acids is 1. The standard InChI is InChI=1S/C15H13FN4O/c1-8-18-12-6-5-9(7-13(12)19-8)20-15(21)10-3-2-4-11(16)14(10)17/h2-7H,17H2,1H3,(H,18,19)(H,20,21). The molecule has 3 aromatic rings. The predicted octanol–water partition coefficient (Wildman–Crippen LogP) is 2.84. The molecule has 0 saturated carbocycles. The maximum absolute atomic E-state index is 13.4. The van der Waals surface area contributed by atoms with Gasteiger partial charge in [-0.05, 0) is 37.3 Å². The van der Waals surface area contributed by atoms with Gasteiger partial charge in [0.25, 0.3) is 5.91 Å². The molecule has 1 aromatic heterocycles. The molecule has 0 radical (unpaired) electrons. The van der Waals surface area contributed by atoms with Gasteiger partial charge in [-0.1, -0.05) is 6.07 Å². The van der Waals surface area contributed by atoms with Crippen molar-refractivity contribution in [3.8, 4) is 0 Å². The molecule has 0 saturated heterocycles. The molecule has 0 unspecified atom stereocenters. The molecule has 0 spiro atoms. The van der Waals surface area contributed by atoms with Gasteiger partial charge in [0, 0.05) is 5.69 Å². The van der Waals surface area contributed by atoms with Crippen LogP contribution < -0.4 is 11.1 Å². The number of amides is 1. The number of para-hydroxylation sites is 1. The summed E-state index contributed by atoms with van der Waals surface area (Å²) in [5, 5.41) is 2.69. The first-order valence-corrected chi connectivity index (χ1v) is 6.36. The highest BCUT2D eigenvalue weighted by atomic mass is 19.1. The second-order valence-corrected chi connectivity index (χ2v) is 4.71. The van der Waals surface area contributed by atoms with Gasteiger partial charge in [-0.2, -0.15) is 0 Å². The predicted molar refractivity (Wildman–Crippen MR) is 79.6 cm³/mol. The van der Waals surface area contributed by atoms with E-state index in [0.717, 1.165) is 16.9 Å². The third-order valence-corrected chi connectivity index (χ3v) is 3.16. The third-order valence-electron chi connectivity index (χ3n) is 3.16. The van der Waals surface area contributed by atoms with E-state index < -0.39 is 11.7 Å². The number of rotatable bonds is 2. The number of nitrogens with one attached hydrogen (secondary N) is 2. The Balaban J connectivity index is 1.90. The van der Waals surface area contributed by atoms with Gasteiger partial charge in [-0.25, -0.2) is 9.37 Å². The Morgan fingerprint density at radius 3 is 2.95 bits per heavy atom. The van der Waals surface area contributed by atoms with Crippen molar-refractivity contribution in [1.29, 1.82) is 0 Å². The highest BCUT2D eigenvalue weighted by molar-refractivity contribution is 6.08. The number of H-pyrrole nitrogens is 1. The van der Waals surface area contributed by atoms with Crippen LogP contribution in [0.15, 0.2) is 36.4 Å². The van der Waals surface area contributed by atoms with E-state index in [1.807, 2.05) is 6.92 Å². The number of aryl methyl sites for hydroxylation is 1. The number of carbonyl (C=O) groups is 1. The Labute approximate surface area is 120 Å². The lowest BCUT2D eigenvalue weighted by Gasteiger charge is -2.08. The van der Waals surface area contributed by atoms with Crippen LogP contribution in [0.2, 0.25) is 0 Å². The van der Waals surface area contributed by atoms with Gasteiger partial charge in [0.05, 0.1) is 22.3 Å². The largest absolute Gasteiger partial charge is 0.396 e. The average molecular weight is 284 g/mol. The zero-order valence-corrected chi connectivity index (χ0v) is 11.3. The number of aromatic amines is 1. The van der Waals surface area contributed by atoms with Crippen LogP contribution in [0.4, 0.5) is 15.8 Å². The number of anilines is 2. The van der Waals surface area contributed by atoms with Crippen LogP contribution in [0.5, 0.6) is 0 Å². The summed E-state index contributed by atoms with van der Waals surface area (Å²) in [4.78, 5) is 19.5. The molecule has 6 heteroatoms. The lowest BCUT2D eigenvalue weighted by molar-refractivity contribution is 0.102. The molecule has 5 nitrogen and oxygen atoms in total. The molecule has 3 rings (SSSR count). The molecule has 0 fully saturated rings. The fraction of sp³-hybridized carbons (Fsp3) is 0.0667. The van der Waals surface area contributed by atoms with Crippen LogP contribution in [-0.4, -0.2) is 15.9 Å². The number of nitrogen functional groups attached to an aromatic ring is 1. The van der Waals surface area contributed by atoms with Crippen LogP contribution in [0.3, 0.4) is 0 Å². The first kappa shape index (κ1) is 13.1. The average Bonchev–Trinajstić information content (AvgIpc) is 2.81. The van der Waals surface area contributed by atoms with E-state index in [-0.39, 0.29) is 11.3 Å². The minimum atomic E-state index is -0.609. The van der Waals surface area contributed by atoms with Crippen molar-refractivity contribution in [2.24, 2.45) is 0 Å². The smallest absolute Gasteiger partial charge is 0.257 e. The number of nitrogens with zero attached hydrogens (tertiary/aromatic N) is 1. The fourth-order valence-corrected chi connectivity index (χ4v) is 2.15. The highest BCUT2D eigenvalue weighted by Gasteiger charge is 2.13. The number of aromatic nitrogens is 2. The van der Waals surface area contributed by atoms with Gasteiger partial charge in [0.1, 0.15) is 11.6 Å². The van der Waals surface area contributed by atoms with Crippen LogP contribution in [-0.2, 0) is 0 Å². The summed E-state index contributed by atoms with van der Waals surface area (Å²) in [6.45, 7) is 1.85. The van der Waals surface area contributed by atoms with Gasteiger partial charge in [-0.3, -0.25) is 4.79 Å². The van der Waals surface area contributed by atoms with Crippen LogP contribution >= 0.6 is 0 Å². The normalized spacial score (nSPS) is 10.8. The monoisotopic (exact) mass is 284 g/mol. The van der Waals surface area contributed by atoms with Crippen LogP contribution in [0.1, 0.15) is 16.2 Å². The van der Waals surface area contributed by atoms with Gasteiger partial charge in [-0.15, -0.1) is 0 Å². The zero-order valence-electron chi connectivity index (χ0n) is 11.3. The van der Waals surface area contributed by atoms with E-state index in [1.165, 1.54) is 18.2 Å². The molecular weight excluding hydrogens is 271 g/mol. The lowest BCUT2D eigenvalue weighted by atomic mass is 10.1. The number of benzene rings is 2. The van der Waals surface area contributed by atoms with Crippen molar-refractivity contribution in [3.63, 3.8) is 0 Å². The number of hydrogen-bond donors (Lipinski definition) is 3. The van der Waals surface area contributed by atoms with Gasteiger partial charge < -0.3 is 16.0 Å². The summed E-state index contributed by atoms with van der Waals surface area (Å²) < 4.78 is 13.4. The fourth-order valence-electron chi connectivity index (χ4n) is 2.15.